The third kappa shape index (κ3) is 3.52. The number of hydrogen-bond acceptors (Lipinski definition) is 4. The van der Waals surface area contributed by atoms with Crippen LogP contribution in [0.4, 0.5) is 8.78 Å². The first-order valence-corrected chi connectivity index (χ1v) is 8.98. The molecule has 6 nitrogen and oxygen atoms in total. The number of nitrogens with zero attached hydrogens (tertiary/aromatic N) is 3. The molecule has 1 amide bonds. The number of hydrogen-bond donors (Lipinski definition) is 0. The maximum absolute atomic E-state index is 13.8. The molecule has 1 aromatic heterocycles. The minimum atomic E-state index is -4.16. The Morgan fingerprint density at radius 1 is 1.08 bits per heavy atom. The summed E-state index contributed by atoms with van der Waals surface area (Å²) >= 11 is 0. The maximum Gasteiger partial charge on any atom is 0.255 e. The Kier molecular flexibility index (Phi) is 4.78. The Labute approximate surface area is 143 Å². The van der Waals surface area contributed by atoms with Gasteiger partial charge in [-0.3, -0.25) is 9.78 Å². The lowest BCUT2D eigenvalue weighted by Gasteiger charge is -2.34. The number of aromatic nitrogens is 1. The van der Waals surface area contributed by atoms with Crippen LogP contribution in [-0.4, -0.2) is 54.7 Å². The lowest BCUT2D eigenvalue weighted by atomic mass is 10.2. The van der Waals surface area contributed by atoms with Crippen molar-refractivity contribution in [2.45, 2.75) is 4.90 Å². The summed E-state index contributed by atoms with van der Waals surface area (Å²) in [4.78, 5) is 17.0. The number of piperazine rings is 1. The summed E-state index contributed by atoms with van der Waals surface area (Å²) in [6.45, 7) is 0.322. The van der Waals surface area contributed by atoms with Gasteiger partial charge in [0.15, 0.2) is 0 Å². The molecule has 1 aliphatic heterocycles. The molecule has 0 N–H and O–H groups in total. The molecule has 0 unspecified atom stereocenters. The predicted molar refractivity (Wildman–Crippen MR) is 85.3 cm³/mol. The smallest absolute Gasteiger partial charge is 0.255 e. The average molecular weight is 367 g/mol. The number of carbonyl (C=O) groups excluding carboxylic acids is 1. The SMILES string of the molecule is O=C(c1cccnc1)N1CCN(S(=O)(=O)c2cc(F)ccc2F)CC1. The van der Waals surface area contributed by atoms with Crippen LogP contribution in [0.25, 0.3) is 0 Å². The number of carbonyl (C=O) groups is 1. The third-order valence-electron chi connectivity index (χ3n) is 3.95. The zero-order valence-electron chi connectivity index (χ0n) is 13.1. The predicted octanol–water partition coefficient (Wildman–Crippen LogP) is 1.51. The van der Waals surface area contributed by atoms with E-state index in [4.69, 9.17) is 0 Å². The second-order valence-corrected chi connectivity index (χ2v) is 7.42. The van der Waals surface area contributed by atoms with Crippen molar-refractivity contribution in [1.82, 2.24) is 14.2 Å². The molecular formula is C16H15F2N3O3S. The zero-order valence-corrected chi connectivity index (χ0v) is 13.9. The first-order chi connectivity index (χ1) is 11.9. The fourth-order valence-corrected chi connectivity index (χ4v) is 4.12. The molecule has 25 heavy (non-hydrogen) atoms. The fourth-order valence-electron chi connectivity index (χ4n) is 2.62. The minimum Gasteiger partial charge on any atom is -0.336 e. The van der Waals surface area contributed by atoms with Crippen molar-refractivity contribution in [3.8, 4) is 0 Å². The zero-order chi connectivity index (χ0) is 18.0. The van der Waals surface area contributed by atoms with Gasteiger partial charge >= 0.3 is 0 Å². The first kappa shape index (κ1) is 17.4. The molecule has 1 fully saturated rings. The molecule has 0 atom stereocenters. The van der Waals surface area contributed by atoms with E-state index in [0.29, 0.717) is 11.6 Å². The van der Waals surface area contributed by atoms with Crippen molar-refractivity contribution in [3.63, 3.8) is 0 Å². The number of benzene rings is 1. The fraction of sp³-hybridized carbons (Fsp3) is 0.250. The van der Waals surface area contributed by atoms with E-state index in [0.717, 1.165) is 16.4 Å². The number of rotatable bonds is 3. The number of halogens is 2. The number of sulfonamides is 1. The lowest BCUT2D eigenvalue weighted by Crippen LogP contribution is -2.50. The molecule has 0 spiro atoms. The average Bonchev–Trinajstić information content (AvgIpc) is 2.64. The van der Waals surface area contributed by atoms with Crippen molar-refractivity contribution in [2.24, 2.45) is 0 Å². The van der Waals surface area contributed by atoms with Gasteiger partial charge in [-0.05, 0) is 30.3 Å². The van der Waals surface area contributed by atoms with Crippen LogP contribution in [0.5, 0.6) is 0 Å². The van der Waals surface area contributed by atoms with Crippen LogP contribution < -0.4 is 0 Å². The normalized spacial score (nSPS) is 16.0. The number of amides is 1. The van der Waals surface area contributed by atoms with E-state index < -0.39 is 26.6 Å². The van der Waals surface area contributed by atoms with Gasteiger partial charge in [0.05, 0.1) is 5.56 Å². The summed E-state index contributed by atoms with van der Waals surface area (Å²) in [5.41, 5.74) is 0.412. The second-order valence-electron chi connectivity index (χ2n) is 5.51. The molecule has 0 aliphatic carbocycles. The maximum atomic E-state index is 13.8. The summed E-state index contributed by atoms with van der Waals surface area (Å²) in [5.74, 6) is -2.08. The highest BCUT2D eigenvalue weighted by atomic mass is 32.2. The first-order valence-electron chi connectivity index (χ1n) is 7.54. The van der Waals surface area contributed by atoms with Gasteiger partial charge in [-0.1, -0.05) is 0 Å². The molecule has 1 aliphatic rings. The number of pyridine rings is 1. The highest BCUT2D eigenvalue weighted by Gasteiger charge is 2.32. The Bertz CT molecular complexity index is 883. The van der Waals surface area contributed by atoms with Gasteiger partial charge in [-0.25, -0.2) is 17.2 Å². The van der Waals surface area contributed by atoms with Crippen LogP contribution in [0.1, 0.15) is 10.4 Å². The minimum absolute atomic E-state index is 0.00425. The van der Waals surface area contributed by atoms with Gasteiger partial charge in [-0.2, -0.15) is 4.31 Å². The van der Waals surface area contributed by atoms with Crippen LogP contribution >= 0.6 is 0 Å². The van der Waals surface area contributed by atoms with E-state index in [1.165, 1.54) is 11.1 Å². The molecule has 132 valence electrons. The van der Waals surface area contributed by atoms with Crippen molar-refractivity contribution in [1.29, 1.82) is 0 Å². The summed E-state index contributed by atoms with van der Waals surface area (Å²) in [6, 6.07) is 5.57. The van der Waals surface area contributed by atoms with E-state index in [1.54, 1.807) is 18.3 Å². The Hall–Kier alpha value is -2.39. The van der Waals surface area contributed by atoms with Gasteiger partial charge in [0.1, 0.15) is 16.5 Å². The van der Waals surface area contributed by atoms with Crippen LogP contribution in [0.2, 0.25) is 0 Å². The van der Waals surface area contributed by atoms with E-state index in [9.17, 15) is 22.0 Å². The van der Waals surface area contributed by atoms with Gasteiger partial charge in [0.25, 0.3) is 5.91 Å². The van der Waals surface area contributed by atoms with Crippen LogP contribution in [0.3, 0.4) is 0 Å². The molecule has 1 aromatic carbocycles. The van der Waals surface area contributed by atoms with Crippen LogP contribution in [0.15, 0.2) is 47.6 Å². The topological polar surface area (TPSA) is 70.6 Å². The molecular weight excluding hydrogens is 352 g/mol. The molecule has 2 aromatic rings. The summed E-state index contributed by atoms with van der Waals surface area (Å²) in [5, 5.41) is 0. The van der Waals surface area contributed by atoms with Crippen molar-refractivity contribution in [3.05, 3.63) is 59.9 Å². The summed E-state index contributed by atoms with van der Waals surface area (Å²) < 4.78 is 53.2. The molecule has 0 saturated carbocycles. The van der Waals surface area contributed by atoms with Gasteiger partial charge in [0, 0.05) is 38.6 Å². The van der Waals surface area contributed by atoms with Crippen LogP contribution in [0, 0.1) is 11.6 Å². The molecule has 2 heterocycles. The molecule has 0 radical (unpaired) electrons. The largest absolute Gasteiger partial charge is 0.336 e. The van der Waals surface area contributed by atoms with E-state index in [2.05, 4.69) is 4.98 Å². The Morgan fingerprint density at radius 2 is 1.80 bits per heavy atom. The Morgan fingerprint density at radius 3 is 2.44 bits per heavy atom. The van der Waals surface area contributed by atoms with E-state index in [1.807, 2.05) is 0 Å². The monoisotopic (exact) mass is 367 g/mol. The summed E-state index contributed by atoms with van der Waals surface area (Å²) in [7, 11) is -4.16. The van der Waals surface area contributed by atoms with Gasteiger partial charge in [-0.15, -0.1) is 0 Å². The molecule has 3 rings (SSSR count). The molecule has 9 heteroatoms. The van der Waals surface area contributed by atoms with E-state index in [-0.39, 0.29) is 32.1 Å². The third-order valence-corrected chi connectivity index (χ3v) is 5.86. The van der Waals surface area contributed by atoms with Gasteiger partial charge in [0.2, 0.25) is 10.0 Å². The van der Waals surface area contributed by atoms with E-state index >= 15 is 0 Å². The standard InChI is InChI=1S/C16H15F2N3O3S/c17-13-3-4-14(18)15(10-13)25(23,24)21-8-6-20(7-9-21)16(22)12-2-1-5-19-11-12/h1-5,10-11H,6-9H2. The van der Waals surface area contributed by atoms with Crippen molar-refractivity contribution in [2.75, 3.05) is 26.2 Å². The molecule has 0 bridgehead atoms. The van der Waals surface area contributed by atoms with Crippen molar-refractivity contribution >= 4 is 15.9 Å². The molecule has 1 saturated heterocycles. The second kappa shape index (κ2) is 6.85. The van der Waals surface area contributed by atoms with Gasteiger partial charge < -0.3 is 4.90 Å². The quantitative estimate of drug-likeness (QED) is 0.825. The van der Waals surface area contributed by atoms with Crippen LogP contribution in [-0.2, 0) is 10.0 Å². The highest BCUT2D eigenvalue weighted by Crippen LogP contribution is 2.22. The highest BCUT2D eigenvalue weighted by molar-refractivity contribution is 7.89. The summed E-state index contributed by atoms with van der Waals surface area (Å²) in [6.07, 6.45) is 2.99. The van der Waals surface area contributed by atoms with Crippen molar-refractivity contribution < 1.29 is 22.0 Å². The Balaban J connectivity index is 1.73. The lowest BCUT2D eigenvalue weighted by molar-refractivity contribution is 0.0697.